The Morgan fingerprint density at radius 2 is 2.00 bits per heavy atom. The van der Waals surface area contributed by atoms with Crippen molar-refractivity contribution in [2.75, 3.05) is 13.2 Å². The van der Waals surface area contributed by atoms with Crippen molar-refractivity contribution in [2.45, 2.75) is 32.5 Å². The van der Waals surface area contributed by atoms with Gasteiger partial charge >= 0.3 is 0 Å². The van der Waals surface area contributed by atoms with Crippen LogP contribution in [-0.2, 0) is 14.2 Å². The summed E-state index contributed by atoms with van der Waals surface area (Å²) >= 11 is 0. The van der Waals surface area contributed by atoms with Crippen molar-refractivity contribution in [2.24, 2.45) is 0 Å². The summed E-state index contributed by atoms with van der Waals surface area (Å²) in [5.41, 5.74) is 1.25. The average molecular weight is 274 g/mol. The smallest absolute Gasteiger partial charge is 0.200 e. The van der Waals surface area contributed by atoms with Crippen molar-refractivity contribution in [3.63, 3.8) is 0 Å². The zero-order valence-electron chi connectivity index (χ0n) is 12.2. The predicted octanol–water partition coefficient (Wildman–Crippen LogP) is 3.99. The van der Waals surface area contributed by atoms with Gasteiger partial charge in [0, 0.05) is 18.9 Å². The lowest BCUT2D eigenvalue weighted by Gasteiger charge is -2.30. The summed E-state index contributed by atoms with van der Waals surface area (Å²) < 4.78 is 16.9. The second-order valence-electron chi connectivity index (χ2n) is 4.64. The zero-order valence-corrected chi connectivity index (χ0v) is 12.2. The van der Waals surface area contributed by atoms with E-state index in [1.54, 1.807) is 0 Å². The Bertz CT molecular complexity index is 464. The highest BCUT2D eigenvalue weighted by Crippen LogP contribution is 2.33. The molecule has 1 aromatic carbocycles. The lowest BCUT2D eigenvalue weighted by Crippen LogP contribution is -2.25. The fourth-order valence-electron chi connectivity index (χ4n) is 2.31. The van der Waals surface area contributed by atoms with Crippen molar-refractivity contribution < 1.29 is 14.2 Å². The van der Waals surface area contributed by atoms with Gasteiger partial charge in [-0.25, -0.2) is 0 Å². The summed E-state index contributed by atoms with van der Waals surface area (Å²) in [4.78, 5) is 0. The first kappa shape index (κ1) is 14.7. The molecule has 0 aliphatic carbocycles. The van der Waals surface area contributed by atoms with Crippen LogP contribution in [0.4, 0.5) is 0 Å². The second-order valence-corrected chi connectivity index (χ2v) is 4.64. The summed E-state index contributed by atoms with van der Waals surface area (Å²) in [6.45, 7) is 9.03. The first-order valence-corrected chi connectivity index (χ1v) is 7.11. The molecule has 0 bridgehead atoms. The molecule has 1 heterocycles. The van der Waals surface area contributed by atoms with Crippen LogP contribution in [0.15, 0.2) is 54.5 Å². The van der Waals surface area contributed by atoms with Gasteiger partial charge in [0.25, 0.3) is 0 Å². The van der Waals surface area contributed by atoms with Crippen LogP contribution in [0, 0.1) is 0 Å². The molecule has 0 radical (unpaired) electrons. The maximum Gasteiger partial charge on any atom is 0.200 e. The predicted molar refractivity (Wildman–Crippen MR) is 79.1 cm³/mol. The Morgan fingerprint density at radius 1 is 1.25 bits per heavy atom. The molecule has 2 rings (SSSR count). The van der Waals surface area contributed by atoms with Crippen LogP contribution >= 0.6 is 0 Å². The molecule has 3 heteroatoms. The third kappa shape index (κ3) is 3.64. The monoisotopic (exact) mass is 274 g/mol. The van der Waals surface area contributed by atoms with Gasteiger partial charge in [0.15, 0.2) is 11.5 Å². The van der Waals surface area contributed by atoms with Crippen molar-refractivity contribution in [3.05, 3.63) is 60.1 Å². The minimum absolute atomic E-state index is 0.248. The molecule has 0 saturated heterocycles. The molecule has 20 heavy (non-hydrogen) atoms. The molecule has 1 aliphatic rings. The van der Waals surface area contributed by atoms with Crippen molar-refractivity contribution in [1.82, 2.24) is 0 Å². The van der Waals surface area contributed by atoms with Gasteiger partial charge < -0.3 is 14.2 Å². The molecule has 0 spiro atoms. The molecule has 2 atom stereocenters. The summed E-state index contributed by atoms with van der Waals surface area (Å²) in [7, 11) is 0. The molecular formula is C17H22O3. The summed E-state index contributed by atoms with van der Waals surface area (Å²) in [5.74, 6) is 1.51. The maximum atomic E-state index is 5.81. The van der Waals surface area contributed by atoms with E-state index in [0.29, 0.717) is 24.7 Å². The lowest BCUT2D eigenvalue weighted by molar-refractivity contribution is -0.126. The van der Waals surface area contributed by atoms with Crippen LogP contribution in [0.1, 0.15) is 31.7 Å². The van der Waals surface area contributed by atoms with E-state index in [0.717, 1.165) is 6.42 Å². The molecule has 108 valence electrons. The Morgan fingerprint density at radius 3 is 2.65 bits per heavy atom. The SMILES string of the molecule is C=C(OCC)C1=C[C@@H](c2ccccc2)C[C@@H](OCC)O1. The Labute approximate surface area is 120 Å². The summed E-state index contributed by atoms with van der Waals surface area (Å²) in [5, 5.41) is 0. The minimum atomic E-state index is -0.248. The zero-order chi connectivity index (χ0) is 14.4. The largest absolute Gasteiger partial charge is 0.491 e. The maximum absolute atomic E-state index is 5.81. The molecule has 0 fully saturated rings. The van der Waals surface area contributed by atoms with E-state index in [-0.39, 0.29) is 12.2 Å². The fraction of sp³-hybridized carbons (Fsp3) is 0.412. The topological polar surface area (TPSA) is 27.7 Å². The molecule has 1 aliphatic heterocycles. The molecule has 3 nitrogen and oxygen atoms in total. The van der Waals surface area contributed by atoms with Crippen molar-refractivity contribution >= 4 is 0 Å². The van der Waals surface area contributed by atoms with Crippen LogP contribution in [0.3, 0.4) is 0 Å². The third-order valence-corrected chi connectivity index (χ3v) is 3.23. The van der Waals surface area contributed by atoms with Gasteiger partial charge in [-0.3, -0.25) is 0 Å². The van der Waals surface area contributed by atoms with Gasteiger partial charge in [-0.1, -0.05) is 36.9 Å². The van der Waals surface area contributed by atoms with Crippen LogP contribution in [0.25, 0.3) is 0 Å². The van der Waals surface area contributed by atoms with E-state index >= 15 is 0 Å². The molecule has 0 N–H and O–H groups in total. The quantitative estimate of drug-likeness (QED) is 0.734. The van der Waals surface area contributed by atoms with Gasteiger partial charge in [0.05, 0.1) is 6.61 Å². The Kier molecular flexibility index (Phi) is 5.24. The summed E-state index contributed by atoms with van der Waals surface area (Å²) in [6.07, 6.45) is 2.63. The van der Waals surface area contributed by atoms with E-state index in [1.165, 1.54) is 5.56 Å². The number of hydrogen-bond acceptors (Lipinski definition) is 3. The van der Waals surface area contributed by atoms with Gasteiger partial charge in [0.1, 0.15) is 0 Å². The minimum Gasteiger partial charge on any atom is -0.491 e. The lowest BCUT2D eigenvalue weighted by atomic mass is 9.93. The Balaban J connectivity index is 2.21. The molecule has 0 unspecified atom stereocenters. The molecular weight excluding hydrogens is 252 g/mol. The average Bonchev–Trinajstić information content (AvgIpc) is 2.48. The normalized spacial score (nSPS) is 21.8. The first-order chi connectivity index (χ1) is 9.74. The molecule has 0 saturated carbocycles. The number of allylic oxidation sites excluding steroid dienone is 1. The second kappa shape index (κ2) is 7.15. The number of rotatable bonds is 6. The van der Waals surface area contributed by atoms with E-state index in [1.807, 2.05) is 32.0 Å². The van der Waals surface area contributed by atoms with Crippen molar-refractivity contribution in [3.8, 4) is 0 Å². The van der Waals surface area contributed by atoms with Gasteiger partial charge in [-0.05, 0) is 25.5 Å². The standard InChI is InChI=1S/C17H22O3/c1-4-18-13(3)16-11-15(12-17(20-16)19-5-2)14-9-7-6-8-10-14/h6-11,15,17H,3-5,12H2,1-2H3/t15-,17+/m1/s1. The number of ether oxygens (including phenoxy) is 3. The van der Waals surface area contributed by atoms with Crippen LogP contribution < -0.4 is 0 Å². The highest BCUT2D eigenvalue weighted by molar-refractivity contribution is 5.30. The van der Waals surface area contributed by atoms with E-state index in [9.17, 15) is 0 Å². The number of hydrogen-bond donors (Lipinski definition) is 0. The van der Waals surface area contributed by atoms with Gasteiger partial charge in [0.2, 0.25) is 6.29 Å². The third-order valence-electron chi connectivity index (χ3n) is 3.23. The highest BCUT2D eigenvalue weighted by atomic mass is 16.7. The van der Waals surface area contributed by atoms with Gasteiger partial charge in [-0.15, -0.1) is 0 Å². The van der Waals surface area contributed by atoms with Crippen LogP contribution in [-0.4, -0.2) is 19.5 Å². The van der Waals surface area contributed by atoms with Crippen LogP contribution in [0.5, 0.6) is 0 Å². The van der Waals surface area contributed by atoms with Crippen molar-refractivity contribution in [1.29, 1.82) is 0 Å². The Hall–Kier alpha value is -1.74. The van der Waals surface area contributed by atoms with Gasteiger partial charge in [-0.2, -0.15) is 0 Å². The first-order valence-electron chi connectivity index (χ1n) is 7.11. The molecule has 0 amide bonds. The van der Waals surface area contributed by atoms with E-state index in [2.05, 4.69) is 24.8 Å². The van der Waals surface area contributed by atoms with Crippen LogP contribution in [0.2, 0.25) is 0 Å². The molecule has 0 aromatic heterocycles. The highest BCUT2D eigenvalue weighted by Gasteiger charge is 2.26. The van der Waals surface area contributed by atoms with E-state index < -0.39 is 0 Å². The number of benzene rings is 1. The summed E-state index contributed by atoms with van der Waals surface area (Å²) in [6, 6.07) is 10.4. The fourth-order valence-corrected chi connectivity index (χ4v) is 2.31. The molecule has 1 aromatic rings. The van der Waals surface area contributed by atoms with E-state index in [4.69, 9.17) is 14.2 Å².